The number of benzene rings is 1. The molecule has 0 aromatic heterocycles. The van der Waals surface area contributed by atoms with Crippen molar-refractivity contribution in [2.45, 2.75) is 44.5 Å². The molecule has 1 aliphatic carbocycles. The van der Waals surface area contributed by atoms with Crippen LogP contribution < -0.4 is 5.32 Å². The molecule has 2 unspecified atom stereocenters. The van der Waals surface area contributed by atoms with Crippen LogP contribution in [0, 0.1) is 12.8 Å². The van der Waals surface area contributed by atoms with Crippen LogP contribution in [0.5, 0.6) is 0 Å². The predicted molar refractivity (Wildman–Crippen MR) is 79.5 cm³/mol. The van der Waals surface area contributed by atoms with Gasteiger partial charge in [-0.25, -0.2) is 0 Å². The van der Waals surface area contributed by atoms with Crippen molar-refractivity contribution in [2.24, 2.45) is 5.92 Å². The zero-order valence-corrected chi connectivity index (χ0v) is 12.4. The second-order valence-corrected chi connectivity index (χ2v) is 6.25. The number of halogens is 2. The van der Waals surface area contributed by atoms with Gasteiger partial charge in [0.25, 0.3) is 0 Å². The molecule has 1 aromatic carbocycles. The van der Waals surface area contributed by atoms with Crippen molar-refractivity contribution in [1.29, 1.82) is 0 Å². The molecule has 0 spiro atoms. The first-order valence-corrected chi connectivity index (χ1v) is 7.58. The summed E-state index contributed by atoms with van der Waals surface area (Å²) in [7, 11) is 0. The number of alkyl halides is 1. The van der Waals surface area contributed by atoms with Crippen LogP contribution in [0.25, 0.3) is 0 Å². The maximum absolute atomic E-state index is 6.35. The van der Waals surface area contributed by atoms with Crippen LogP contribution in [0.15, 0.2) is 18.2 Å². The Morgan fingerprint density at radius 2 is 2.06 bits per heavy atom. The standard InChI is InChI=1S/C15H21Cl2N/c1-11-6-7-13(15(17)8-11)10-18-9-12-4-2-3-5-14(12)16/h6-8,12,14,18H,2-5,9-10H2,1H3. The molecular formula is C15H21Cl2N. The van der Waals surface area contributed by atoms with Gasteiger partial charge in [-0.05, 0) is 49.4 Å². The Bertz CT molecular complexity index is 392. The molecule has 0 bridgehead atoms. The monoisotopic (exact) mass is 285 g/mol. The SMILES string of the molecule is Cc1ccc(CNCC2CCCCC2Cl)c(Cl)c1. The van der Waals surface area contributed by atoms with E-state index in [1.807, 2.05) is 6.07 Å². The quantitative estimate of drug-likeness (QED) is 0.801. The second-order valence-electron chi connectivity index (χ2n) is 5.29. The van der Waals surface area contributed by atoms with E-state index in [2.05, 4.69) is 24.4 Å². The smallest absolute Gasteiger partial charge is 0.0453 e. The fraction of sp³-hybridized carbons (Fsp3) is 0.600. The molecule has 1 N–H and O–H groups in total. The highest BCUT2D eigenvalue weighted by molar-refractivity contribution is 6.31. The number of nitrogens with one attached hydrogen (secondary N) is 1. The molecule has 2 rings (SSSR count). The third-order valence-corrected chi connectivity index (χ3v) is 4.67. The largest absolute Gasteiger partial charge is 0.312 e. The third-order valence-electron chi connectivity index (χ3n) is 3.75. The van der Waals surface area contributed by atoms with E-state index in [1.165, 1.54) is 36.8 Å². The van der Waals surface area contributed by atoms with Crippen LogP contribution in [0.1, 0.15) is 36.8 Å². The lowest BCUT2D eigenvalue weighted by molar-refractivity contribution is 0.348. The van der Waals surface area contributed by atoms with Crippen LogP contribution >= 0.6 is 23.2 Å². The Morgan fingerprint density at radius 3 is 2.78 bits per heavy atom. The Balaban J connectivity index is 1.81. The minimum atomic E-state index is 0.347. The molecule has 1 aliphatic rings. The van der Waals surface area contributed by atoms with Crippen molar-refractivity contribution in [3.63, 3.8) is 0 Å². The van der Waals surface area contributed by atoms with Crippen LogP contribution in [0.4, 0.5) is 0 Å². The molecule has 0 aliphatic heterocycles. The summed E-state index contributed by atoms with van der Waals surface area (Å²) >= 11 is 12.6. The maximum Gasteiger partial charge on any atom is 0.0453 e. The van der Waals surface area contributed by atoms with Gasteiger partial charge < -0.3 is 5.32 Å². The molecule has 0 amide bonds. The van der Waals surface area contributed by atoms with Gasteiger partial charge in [0.2, 0.25) is 0 Å². The first-order valence-electron chi connectivity index (χ1n) is 6.76. The summed E-state index contributed by atoms with van der Waals surface area (Å²) < 4.78 is 0. The summed E-state index contributed by atoms with van der Waals surface area (Å²) in [6.45, 7) is 3.89. The lowest BCUT2D eigenvalue weighted by Crippen LogP contribution is -2.30. The minimum Gasteiger partial charge on any atom is -0.312 e. The second kappa shape index (κ2) is 6.79. The zero-order chi connectivity index (χ0) is 13.0. The van der Waals surface area contributed by atoms with Crippen molar-refractivity contribution >= 4 is 23.2 Å². The number of rotatable bonds is 4. The average molecular weight is 286 g/mol. The van der Waals surface area contributed by atoms with Gasteiger partial charge in [0.15, 0.2) is 0 Å². The van der Waals surface area contributed by atoms with E-state index in [1.54, 1.807) is 0 Å². The van der Waals surface area contributed by atoms with Crippen molar-refractivity contribution in [2.75, 3.05) is 6.54 Å². The molecule has 1 nitrogen and oxygen atoms in total. The topological polar surface area (TPSA) is 12.0 Å². The average Bonchev–Trinajstić information content (AvgIpc) is 2.34. The van der Waals surface area contributed by atoms with Crippen LogP contribution in [0.2, 0.25) is 5.02 Å². The van der Waals surface area contributed by atoms with Gasteiger partial charge in [0.05, 0.1) is 0 Å². The molecule has 1 aromatic rings. The molecule has 0 heterocycles. The molecule has 0 saturated heterocycles. The van der Waals surface area contributed by atoms with Crippen molar-refractivity contribution in [3.05, 3.63) is 34.3 Å². The van der Waals surface area contributed by atoms with Crippen LogP contribution in [0.3, 0.4) is 0 Å². The highest BCUT2D eigenvalue weighted by Gasteiger charge is 2.22. The van der Waals surface area contributed by atoms with Gasteiger partial charge >= 0.3 is 0 Å². The van der Waals surface area contributed by atoms with Gasteiger partial charge in [-0.1, -0.05) is 36.6 Å². The first-order chi connectivity index (χ1) is 8.66. The molecule has 1 fully saturated rings. The van der Waals surface area contributed by atoms with E-state index in [0.717, 1.165) is 18.1 Å². The molecular weight excluding hydrogens is 265 g/mol. The minimum absolute atomic E-state index is 0.347. The molecule has 100 valence electrons. The third kappa shape index (κ3) is 3.88. The molecule has 0 radical (unpaired) electrons. The van der Waals surface area contributed by atoms with Gasteiger partial charge in [-0.2, -0.15) is 0 Å². The Morgan fingerprint density at radius 1 is 1.28 bits per heavy atom. The van der Waals surface area contributed by atoms with E-state index >= 15 is 0 Å². The van der Waals surface area contributed by atoms with Crippen molar-refractivity contribution in [1.82, 2.24) is 5.32 Å². The summed E-state index contributed by atoms with van der Waals surface area (Å²) in [6, 6.07) is 6.22. The van der Waals surface area contributed by atoms with E-state index in [4.69, 9.17) is 23.2 Å². The van der Waals surface area contributed by atoms with Crippen LogP contribution in [-0.4, -0.2) is 11.9 Å². The maximum atomic E-state index is 6.35. The van der Waals surface area contributed by atoms with Crippen molar-refractivity contribution < 1.29 is 0 Å². The fourth-order valence-corrected chi connectivity index (χ4v) is 3.25. The Labute approximate surface area is 120 Å². The molecule has 3 heteroatoms. The van der Waals surface area contributed by atoms with Gasteiger partial charge in [-0.3, -0.25) is 0 Å². The van der Waals surface area contributed by atoms with E-state index in [9.17, 15) is 0 Å². The summed E-state index contributed by atoms with van der Waals surface area (Å²) in [5, 5.41) is 4.70. The Hall–Kier alpha value is -0.240. The lowest BCUT2D eigenvalue weighted by Gasteiger charge is -2.27. The van der Waals surface area contributed by atoms with Gasteiger partial charge in [-0.15, -0.1) is 11.6 Å². The van der Waals surface area contributed by atoms with E-state index in [0.29, 0.717) is 11.3 Å². The number of aryl methyl sites for hydroxylation is 1. The molecule has 2 atom stereocenters. The van der Waals surface area contributed by atoms with E-state index in [-0.39, 0.29) is 0 Å². The lowest BCUT2D eigenvalue weighted by atomic mass is 9.89. The highest BCUT2D eigenvalue weighted by atomic mass is 35.5. The normalized spacial score (nSPS) is 24.2. The number of hydrogen-bond donors (Lipinski definition) is 1. The van der Waals surface area contributed by atoms with E-state index < -0.39 is 0 Å². The first kappa shape index (κ1) is 14.2. The number of hydrogen-bond acceptors (Lipinski definition) is 1. The summed E-state index contributed by atoms with van der Waals surface area (Å²) in [5.74, 6) is 0.615. The Kier molecular flexibility index (Phi) is 5.35. The summed E-state index contributed by atoms with van der Waals surface area (Å²) in [5.41, 5.74) is 2.38. The summed E-state index contributed by atoms with van der Waals surface area (Å²) in [4.78, 5) is 0. The fourth-order valence-electron chi connectivity index (χ4n) is 2.58. The van der Waals surface area contributed by atoms with Gasteiger partial charge in [0, 0.05) is 16.9 Å². The van der Waals surface area contributed by atoms with Gasteiger partial charge in [0.1, 0.15) is 0 Å². The highest BCUT2D eigenvalue weighted by Crippen LogP contribution is 2.28. The van der Waals surface area contributed by atoms with Crippen molar-refractivity contribution in [3.8, 4) is 0 Å². The molecule has 1 saturated carbocycles. The molecule has 18 heavy (non-hydrogen) atoms. The predicted octanol–water partition coefficient (Wildman–Crippen LogP) is 4.54. The van der Waals surface area contributed by atoms with Crippen LogP contribution in [-0.2, 0) is 6.54 Å². The summed E-state index contributed by atoms with van der Waals surface area (Å²) in [6.07, 6.45) is 5.03. The zero-order valence-electron chi connectivity index (χ0n) is 10.9.